The number of hydrogen-bond acceptors (Lipinski definition) is 11. The van der Waals surface area contributed by atoms with Gasteiger partial charge in [-0.3, -0.25) is 28.1 Å². The Morgan fingerprint density at radius 2 is 1.30 bits per heavy atom. The molecule has 2 atom stereocenters. The number of esters is 2. The van der Waals surface area contributed by atoms with Crippen molar-refractivity contribution in [2.45, 2.75) is 129 Å². The number of hydrogen-bond donors (Lipinski definition) is 0. The Morgan fingerprint density at radius 3 is 1.86 bits per heavy atom. The van der Waals surface area contributed by atoms with Crippen molar-refractivity contribution >= 4 is 31.5 Å². The molecule has 262 valence electrons. The summed E-state index contributed by atoms with van der Waals surface area (Å²) in [6.45, 7) is 5.49. The van der Waals surface area contributed by atoms with Crippen LogP contribution in [0.5, 0.6) is 0 Å². The first-order valence-corrected chi connectivity index (χ1v) is 19.5. The lowest BCUT2D eigenvalue weighted by atomic mass is 10.1. The number of carbonyl (C=O) groups is 2. The molecule has 0 aromatic rings. The van der Waals surface area contributed by atoms with Crippen molar-refractivity contribution in [3.8, 4) is 0 Å². The third kappa shape index (κ3) is 28.8. The van der Waals surface area contributed by atoms with E-state index in [-0.39, 0.29) is 32.5 Å². The summed E-state index contributed by atoms with van der Waals surface area (Å²) in [5, 5.41) is 0. The molecule has 0 saturated carbocycles. The maximum absolute atomic E-state index is 13.0. The highest BCUT2D eigenvalue weighted by atomic mass is 32.2. The molecule has 0 N–H and O–H groups in total. The average molecular weight is 670 g/mol. The summed E-state index contributed by atoms with van der Waals surface area (Å²) < 4.78 is 45.2. The van der Waals surface area contributed by atoms with Crippen LogP contribution in [0.25, 0.3) is 0 Å². The molecule has 0 spiro atoms. The van der Waals surface area contributed by atoms with E-state index < -0.39 is 19.8 Å². The molecule has 0 aliphatic carbocycles. The highest BCUT2D eigenvalue weighted by Gasteiger charge is 2.28. The summed E-state index contributed by atoms with van der Waals surface area (Å²) in [7, 11) is 1.24. The summed E-state index contributed by atoms with van der Waals surface area (Å²) in [6, 6.07) is 0. The number of carbonyl (C=O) groups excluding carboxylic acids is 2. The number of nitrogens with zero attached hydrogens (tertiary/aromatic N) is 1. The van der Waals surface area contributed by atoms with Crippen LogP contribution in [0.15, 0.2) is 0 Å². The molecule has 0 aromatic heterocycles. The summed E-state index contributed by atoms with van der Waals surface area (Å²) in [5.74, 6) is 0.719. The first-order valence-electron chi connectivity index (χ1n) is 16.9. The highest BCUT2D eigenvalue weighted by molar-refractivity contribution is 7.99. The van der Waals surface area contributed by atoms with Crippen LogP contribution in [0.4, 0.5) is 0 Å². The lowest BCUT2D eigenvalue weighted by molar-refractivity contribution is -0.153. The molecule has 0 aliphatic rings. The van der Waals surface area contributed by atoms with E-state index >= 15 is 0 Å². The Labute approximate surface area is 272 Å². The fraction of sp³-hybridized carbons (Fsp3) is 0.938. The molecular weight excluding hydrogens is 605 g/mol. The van der Waals surface area contributed by atoms with Crippen LogP contribution in [0.2, 0.25) is 0 Å². The van der Waals surface area contributed by atoms with Gasteiger partial charge in [0.25, 0.3) is 0 Å². The van der Waals surface area contributed by atoms with Crippen molar-refractivity contribution in [1.29, 1.82) is 0 Å². The van der Waals surface area contributed by atoms with Gasteiger partial charge in [0.15, 0.2) is 0 Å². The molecule has 0 fully saturated rings. The predicted octanol–water partition coefficient (Wildman–Crippen LogP) is 8.17. The van der Waals surface area contributed by atoms with Gasteiger partial charge in [0.05, 0.1) is 33.0 Å². The number of phosphoric acid groups is 1. The second kappa shape index (κ2) is 30.9. The number of phosphoric ester groups is 1. The van der Waals surface area contributed by atoms with Gasteiger partial charge in [0.2, 0.25) is 0 Å². The van der Waals surface area contributed by atoms with Crippen LogP contribution < -0.4 is 0 Å². The van der Waals surface area contributed by atoms with Gasteiger partial charge < -0.3 is 14.2 Å². The number of methoxy groups -OCH3 is 1. The Kier molecular flexibility index (Phi) is 30.5. The van der Waals surface area contributed by atoms with Gasteiger partial charge in [0, 0.05) is 12.4 Å². The van der Waals surface area contributed by atoms with Crippen molar-refractivity contribution in [2.24, 2.45) is 0 Å². The van der Waals surface area contributed by atoms with Crippen molar-refractivity contribution in [2.75, 3.05) is 65.9 Å². The Bertz CT molecular complexity index is 730. The smallest absolute Gasteiger partial charge is 0.469 e. The first-order chi connectivity index (χ1) is 21.3. The van der Waals surface area contributed by atoms with E-state index in [9.17, 15) is 14.2 Å². The van der Waals surface area contributed by atoms with Gasteiger partial charge in [-0.15, -0.1) is 0 Å². The second-order valence-corrected chi connectivity index (χ2v) is 14.2. The molecule has 10 nitrogen and oxygen atoms in total. The lowest BCUT2D eigenvalue weighted by Crippen LogP contribution is -2.24. The van der Waals surface area contributed by atoms with Gasteiger partial charge in [-0.2, -0.15) is 11.8 Å². The molecule has 0 aliphatic heterocycles. The van der Waals surface area contributed by atoms with Crippen LogP contribution in [0, 0.1) is 0 Å². The van der Waals surface area contributed by atoms with Crippen molar-refractivity contribution in [3.63, 3.8) is 0 Å². The van der Waals surface area contributed by atoms with Crippen molar-refractivity contribution in [1.82, 2.24) is 4.90 Å². The molecule has 0 radical (unpaired) electrons. The van der Waals surface area contributed by atoms with Gasteiger partial charge in [-0.25, -0.2) is 4.57 Å². The van der Waals surface area contributed by atoms with Crippen LogP contribution in [0.1, 0.15) is 123 Å². The van der Waals surface area contributed by atoms with Crippen molar-refractivity contribution < 1.29 is 41.9 Å². The van der Waals surface area contributed by atoms with Gasteiger partial charge in [-0.05, 0) is 46.0 Å². The SMILES string of the molecule is CCCCCCCCCCCCSCC(COP(=O)(OCC)OCN(C)C)OCCCCCCCCOC(=O)CC(=O)OC. The maximum Gasteiger partial charge on any atom is 0.476 e. The van der Waals surface area contributed by atoms with Gasteiger partial charge in [-0.1, -0.05) is 90.4 Å². The van der Waals surface area contributed by atoms with E-state index in [1.807, 2.05) is 25.9 Å². The monoisotopic (exact) mass is 669 g/mol. The molecule has 2 unspecified atom stereocenters. The minimum absolute atomic E-state index is 0.145. The summed E-state index contributed by atoms with van der Waals surface area (Å²) in [4.78, 5) is 24.3. The maximum atomic E-state index is 13.0. The topological polar surface area (TPSA) is 110 Å². The summed E-state index contributed by atoms with van der Waals surface area (Å²) >= 11 is 1.86. The summed E-state index contributed by atoms with van der Waals surface area (Å²) in [6.07, 6.45) is 18.5. The van der Waals surface area contributed by atoms with Crippen molar-refractivity contribution in [3.05, 3.63) is 0 Å². The minimum Gasteiger partial charge on any atom is -0.469 e. The molecule has 44 heavy (non-hydrogen) atoms. The zero-order chi connectivity index (χ0) is 32.7. The summed E-state index contributed by atoms with van der Waals surface area (Å²) in [5.41, 5.74) is 0. The number of thioether (sulfide) groups is 1. The molecule has 0 amide bonds. The standard InChI is InChI=1S/C32H64NO9PS/c1-6-8-9-10-11-12-13-16-19-22-25-44-28-30(27-41-43(36,40-7-2)42-29-33(3)4)38-23-20-17-14-15-18-21-24-39-32(35)26-31(34)37-5/h30H,6-29H2,1-5H3. The largest absolute Gasteiger partial charge is 0.476 e. The molecule has 0 rings (SSSR count). The van der Waals surface area contributed by atoms with E-state index in [0.717, 1.165) is 50.0 Å². The number of rotatable bonds is 33. The first kappa shape index (κ1) is 43.3. The highest BCUT2D eigenvalue weighted by Crippen LogP contribution is 2.49. The fourth-order valence-electron chi connectivity index (χ4n) is 4.27. The average Bonchev–Trinajstić information content (AvgIpc) is 2.99. The fourth-order valence-corrected chi connectivity index (χ4v) is 6.56. The van der Waals surface area contributed by atoms with E-state index in [1.165, 1.54) is 71.3 Å². The second-order valence-electron chi connectivity index (χ2n) is 11.3. The molecule has 0 aromatic carbocycles. The van der Waals surface area contributed by atoms with E-state index in [1.54, 1.807) is 11.8 Å². The Hall–Kier alpha value is -0.680. The molecular formula is C32H64NO9PS. The quantitative estimate of drug-likeness (QED) is 0.0222. The normalized spacial score (nSPS) is 13.6. The Morgan fingerprint density at radius 1 is 0.727 bits per heavy atom. The van der Waals surface area contributed by atoms with E-state index in [0.29, 0.717) is 13.2 Å². The van der Waals surface area contributed by atoms with Gasteiger partial charge in [0.1, 0.15) is 13.2 Å². The van der Waals surface area contributed by atoms with Crippen LogP contribution in [0.3, 0.4) is 0 Å². The lowest BCUT2D eigenvalue weighted by Gasteiger charge is -2.23. The Balaban J connectivity index is 4.31. The van der Waals surface area contributed by atoms with Crippen LogP contribution >= 0.6 is 19.6 Å². The van der Waals surface area contributed by atoms with Crippen LogP contribution in [-0.4, -0.2) is 88.8 Å². The zero-order valence-corrected chi connectivity index (χ0v) is 30.2. The molecule has 0 heterocycles. The minimum atomic E-state index is -3.66. The third-order valence-corrected chi connectivity index (χ3v) is 9.45. The van der Waals surface area contributed by atoms with E-state index in [4.69, 9.17) is 23.0 Å². The molecule has 0 bridgehead atoms. The number of ether oxygens (including phenoxy) is 3. The molecule has 12 heteroatoms. The third-order valence-electron chi connectivity index (χ3n) is 6.80. The number of unbranched alkanes of at least 4 members (excludes halogenated alkanes) is 14. The predicted molar refractivity (Wildman–Crippen MR) is 179 cm³/mol. The van der Waals surface area contributed by atoms with Crippen LogP contribution in [-0.2, 0) is 41.9 Å². The van der Waals surface area contributed by atoms with Gasteiger partial charge >= 0.3 is 19.8 Å². The van der Waals surface area contributed by atoms with E-state index in [2.05, 4.69) is 11.7 Å². The zero-order valence-electron chi connectivity index (χ0n) is 28.5. The molecule has 0 saturated heterocycles.